The zero-order valence-electron chi connectivity index (χ0n) is 16.6. The Morgan fingerprint density at radius 3 is 2.83 bits per heavy atom. The molecule has 1 unspecified atom stereocenters. The minimum absolute atomic E-state index is 0.207. The minimum Gasteiger partial charge on any atom is -0.444 e. The molecule has 0 aliphatic carbocycles. The first-order chi connectivity index (χ1) is 14.6. The average Bonchev–Trinajstić information content (AvgIpc) is 3.42. The number of oxazole rings is 1. The molecule has 0 saturated heterocycles. The molecule has 0 fully saturated rings. The van der Waals surface area contributed by atoms with E-state index in [9.17, 15) is 4.79 Å². The number of aromatic amines is 1. The summed E-state index contributed by atoms with van der Waals surface area (Å²) in [7, 11) is 0. The lowest BCUT2D eigenvalue weighted by molar-refractivity contribution is 0.0934. The van der Waals surface area contributed by atoms with Crippen LogP contribution in [0.5, 0.6) is 0 Å². The predicted molar refractivity (Wildman–Crippen MR) is 111 cm³/mol. The van der Waals surface area contributed by atoms with E-state index in [0.29, 0.717) is 35.4 Å². The van der Waals surface area contributed by atoms with Crippen LogP contribution in [0, 0.1) is 6.92 Å². The maximum Gasteiger partial charge on any atom is 0.251 e. The number of anilines is 1. The topological polar surface area (TPSA) is 122 Å². The van der Waals surface area contributed by atoms with Crippen molar-refractivity contribution in [1.29, 1.82) is 0 Å². The molecule has 4 rings (SSSR count). The summed E-state index contributed by atoms with van der Waals surface area (Å²) in [5, 5.41) is 13.3. The van der Waals surface area contributed by atoms with Crippen molar-refractivity contribution >= 4 is 11.6 Å². The van der Waals surface area contributed by atoms with Gasteiger partial charge >= 0.3 is 0 Å². The number of nitrogens with zero attached hydrogens (tertiary/aromatic N) is 4. The average molecular weight is 403 g/mol. The number of benzene rings is 1. The fraction of sp³-hybridized carbons (Fsp3) is 0.190. The van der Waals surface area contributed by atoms with Crippen LogP contribution in [0.2, 0.25) is 0 Å². The summed E-state index contributed by atoms with van der Waals surface area (Å²) in [5.74, 6) is 2.27. The van der Waals surface area contributed by atoms with Crippen molar-refractivity contribution in [2.75, 3.05) is 5.32 Å². The Balaban J connectivity index is 1.37. The van der Waals surface area contributed by atoms with E-state index in [1.807, 2.05) is 38.1 Å². The highest BCUT2D eigenvalue weighted by Crippen LogP contribution is 2.16. The fourth-order valence-corrected chi connectivity index (χ4v) is 2.87. The Morgan fingerprint density at radius 1 is 1.23 bits per heavy atom. The summed E-state index contributed by atoms with van der Waals surface area (Å²) >= 11 is 0. The lowest BCUT2D eigenvalue weighted by atomic mass is 10.1. The van der Waals surface area contributed by atoms with Crippen molar-refractivity contribution in [3.63, 3.8) is 0 Å². The van der Waals surface area contributed by atoms with Gasteiger partial charge in [0.05, 0.1) is 12.7 Å². The van der Waals surface area contributed by atoms with Crippen molar-refractivity contribution in [2.24, 2.45) is 0 Å². The van der Waals surface area contributed by atoms with Crippen molar-refractivity contribution in [1.82, 2.24) is 30.5 Å². The van der Waals surface area contributed by atoms with Crippen LogP contribution in [0.1, 0.15) is 40.8 Å². The SMILES string of the molecule is Cc1cnc(C(C)NC(=O)c2cccc(NCc3nc(-c4ccncc4)n[nH]3)c2)o1. The van der Waals surface area contributed by atoms with Crippen LogP contribution in [0.15, 0.2) is 59.4 Å². The Labute approximate surface area is 173 Å². The van der Waals surface area contributed by atoms with Gasteiger partial charge in [-0.05, 0) is 44.2 Å². The van der Waals surface area contributed by atoms with Crippen LogP contribution < -0.4 is 10.6 Å². The third-order valence-corrected chi connectivity index (χ3v) is 4.41. The Hall–Kier alpha value is -4.01. The van der Waals surface area contributed by atoms with E-state index in [4.69, 9.17) is 4.42 Å². The molecule has 9 heteroatoms. The summed E-state index contributed by atoms with van der Waals surface area (Å²) in [6.45, 7) is 4.08. The van der Waals surface area contributed by atoms with E-state index in [0.717, 1.165) is 11.3 Å². The summed E-state index contributed by atoms with van der Waals surface area (Å²) in [4.78, 5) is 25.2. The zero-order valence-corrected chi connectivity index (χ0v) is 16.6. The van der Waals surface area contributed by atoms with Crippen LogP contribution in [0.4, 0.5) is 5.69 Å². The highest BCUT2D eigenvalue weighted by atomic mass is 16.4. The van der Waals surface area contributed by atoms with Gasteiger partial charge < -0.3 is 15.1 Å². The normalized spacial score (nSPS) is 11.8. The highest BCUT2D eigenvalue weighted by molar-refractivity contribution is 5.95. The number of hydrogen-bond donors (Lipinski definition) is 3. The van der Waals surface area contributed by atoms with Gasteiger partial charge in [0.1, 0.15) is 17.6 Å². The Kier molecular flexibility index (Phi) is 5.51. The molecule has 9 nitrogen and oxygen atoms in total. The quantitative estimate of drug-likeness (QED) is 0.433. The number of carbonyl (C=O) groups excluding carboxylic acids is 1. The molecule has 0 saturated carbocycles. The zero-order chi connectivity index (χ0) is 20.9. The summed E-state index contributed by atoms with van der Waals surface area (Å²) in [6, 6.07) is 10.6. The second kappa shape index (κ2) is 8.56. The predicted octanol–water partition coefficient (Wildman–Crippen LogP) is 3.27. The van der Waals surface area contributed by atoms with Crippen molar-refractivity contribution < 1.29 is 9.21 Å². The first-order valence-electron chi connectivity index (χ1n) is 9.47. The third-order valence-electron chi connectivity index (χ3n) is 4.41. The number of nitrogens with one attached hydrogen (secondary N) is 3. The molecule has 4 aromatic rings. The second-order valence-corrected chi connectivity index (χ2v) is 6.78. The largest absolute Gasteiger partial charge is 0.444 e. The van der Waals surface area contributed by atoms with E-state index in [1.165, 1.54) is 0 Å². The van der Waals surface area contributed by atoms with Gasteiger partial charge in [0.25, 0.3) is 5.91 Å². The van der Waals surface area contributed by atoms with Crippen LogP contribution in [0.3, 0.4) is 0 Å². The first kappa shape index (κ1) is 19.3. The smallest absolute Gasteiger partial charge is 0.251 e. The summed E-state index contributed by atoms with van der Waals surface area (Å²) in [6.07, 6.45) is 5.03. The highest BCUT2D eigenvalue weighted by Gasteiger charge is 2.16. The molecule has 1 aromatic carbocycles. The monoisotopic (exact) mass is 403 g/mol. The fourth-order valence-electron chi connectivity index (χ4n) is 2.87. The van der Waals surface area contributed by atoms with Crippen molar-refractivity contribution in [3.05, 3.63) is 78.0 Å². The van der Waals surface area contributed by atoms with Crippen LogP contribution in [0.25, 0.3) is 11.4 Å². The van der Waals surface area contributed by atoms with Gasteiger partial charge in [0, 0.05) is 29.2 Å². The molecule has 3 heterocycles. The molecule has 0 bridgehead atoms. The number of carbonyl (C=O) groups is 1. The Bertz CT molecular complexity index is 1140. The molecule has 3 N–H and O–H groups in total. The summed E-state index contributed by atoms with van der Waals surface area (Å²) < 4.78 is 5.47. The van der Waals surface area contributed by atoms with E-state index in [1.54, 1.807) is 30.7 Å². The maximum atomic E-state index is 12.6. The number of H-pyrrole nitrogens is 1. The van der Waals surface area contributed by atoms with Gasteiger partial charge in [-0.1, -0.05) is 6.07 Å². The van der Waals surface area contributed by atoms with Gasteiger partial charge in [-0.25, -0.2) is 9.97 Å². The number of pyridine rings is 1. The second-order valence-electron chi connectivity index (χ2n) is 6.78. The molecular formula is C21H21N7O2. The van der Waals surface area contributed by atoms with E-state index in [-0.39, 0.29) is 11.9 Å². The Morgan fingerprint density at radius 2 is 2.07 bits per heavy atom. The lowest BCUT2D eigenvalue weighted by Gasteiger charge is -2.11. The molecule has 0 radical (unpaired) electrons. The molecule has 3 aromatic heterocycles. The first-order valence-corrected chi connectivity index (χ1v) is 9.47. The molecule has 152 valence electrons. The third kappa shape index (κ3) is 4.52. The standard InChI is InChI=1S/C21H21N7O2/c1-13-11-24-21(30-13)14(2)25-20(29)16-4-3-5-17(10-16)23-12-18-26-19(28-27-18)15-6-8-22-9-7-15/h3-11,14,23H,12H2,1-2H3,(H,25,29)(H,26,27,28). The van der Waals surface area contributed by atoms with Crippen LogP contribution in [-0.2, 0) is 6.54 Å². The molecule has 1 atom stereocenters. The summed E-state index contributed by atoms with van der Waals surface area (Å²) in [5.41, 5.74) is 2.22. The maximum absolute atomic E-state index is 12.6. The van der Waals surface area contributed by atoms with Gasteiger partial charge in [-0.3, -0.25) is 14.9 Å². The van der Waals surface area contributed by atoms with E-state index in [2.05, 4.69) is 35.8 Å². The van der Waals surface area contributed by atoms with Crippen molar-refractivity contribution in [2.45, 2.75) is 26.4 Å². The molecular weight excluding hydrogens is 382 g/mol. The number of amides is 1. The van der Waals surface area contributed by atoms with Gasteiger partial charge in [0.2, 0.25) is 5.89 Å². The number of aromatic nitrogens is 5. The molecule has 30 heavy (non-hydrogen) atoms. The van der Waals surface area contributed by atoms with Gasteiger partial charge in [-0.2, -0.15) is 5.10 Å². The number of aryl methyl sites for hydroxylation is 1. The van der Waals surface area contributed by atoms with Crippen LogP contribution in [-0.4, -0.2) is 31.1 Å². The van der Waals surface area contributed by atoms with Crippen molar-refractivity contribution in [3.8, 4) is 11.4 Å². The number of hydrogen-bond acceptors (Lipinski definition) is 7. The molecule has 0 spiro atoms. The molecule has 0 aliphatic rings. The van der Waals surface area contributed by atoms with E-state index < -0.39 is 0 Å². The number of rotatable bonds is 7. The molecule has 1 amide bonds. The molecule has 0 aliphatic heterocycles. The van der Waals surface area contributed by atoms with Crippen LogP contribution >= 0.6 is 0 Å². The van der Waals surface area contributed by atoms with Gasteiger partial charge in [0.15, 0.2) is 5.82 Å². The van der Waals surface area contributed by atoms with Gasteiger partial charge in [-0.15, -0.1) is 0 Å². The van der Waals surface area contributed by atoms with E-state index >= 15 is 0 Å². The lowest BCUT2D eigenvalue weighted by Crippen LogP contribution is -2.26. The minimum atomic E-state index is -0.330.